The van der Waals surface area contributed by atoms with E-state index in [2.05, 4.69) is 48.4 Å². The van der Waals surface area contributed by atoms with Crippen molar-refractivity contribution in [3.8, 4) is 0 Å². The summed E-state index contributed by atoms with van der Waals surface area (Å²) in [6, 6.07) is 8.91. The van der Waals surface area contributed by atoms with Crippen LogP contribution in [0.1, 0.15) is 44.7 Å². The second-order valence-electron chi connectivity index (χ2n) is 5.35. The van der Waals surface area contributed by atoms with Gasteiger partial charge in [-0.3, -0.25) is 4.98 Å². The van der Waals surface area contributed by atoms with Crippen LogP contribution in [0.25, 0.3) is 10.8 Å². The Hall–Kier alpha value is -1.45. The topological polar surface area (TPSA) is 34.1 Å². The summed E-state index contributed by atoms with van der Waals surface area (Å²) in [5, 5.41) is 6.14. The van der Waals surface area contributed by atoms with E-state index in [4.69, 9.17) is 4.74 Å². The third-order valence-electron chi connectivity index (χ3n) is 3.63. The van der Waals surface area contributed by atoms with Crippen LogP contribution in [0, 0.1) is 0 Å². The van der Waals surface area contributed by atoms with Gasteiger partial charge >= 0.3 is 0 Å². The van der Waals surface area contributed by atoms with Crippen molar-refractivity contribution in [3.05, 3.63) is 42.2 Å². The van der Waals surface area contributed by atoms with Crippen molar-refractivity contribution in [1.82, 2.24) is 10.3 Å². The Morgan fingerprint density at radius 2 is 2.05 bits per heavy atom. The summed E-state index contributed by atoms with van der Waals surface area (Å²) in [6.45, 7) is 7.02. The summed E-state index contributed by atoms with van der Waals surface area (Å²) in [4.78, 5) is 4.22. The second kappa shape index (κ2) is 8.75. The highest BCUT2D eigenvalue weighted by atomic mass is 16.5. The zero-order chi connectivity index (χ0) is 14.9. The molecule has 1 atom stereocenters. The molecule has 1 heterocycles. The number of nitrogens with one attached hydrogen (secondary N) is 1. The first kappa shape index (κ1) is 15.9. The summed E-state index contributed by atoms with van der Waals surface area (Å²) in [6.07, 6.45) is 7.02. The van der Waals surface area contributed by atoms with Gasteiger partial charge in [0.15, 0.2) is 0 Å². The molecule has 0 amide bonds. The number of benzene rings is 1. The maximum absolute atomic E-state index is 5.67. The maximum Gasteiger partial charge on any atom is 0.0484 e. The highest BCUT2D eigenvalue weighted by Crippen LogP contribution is 2.25. The molecule has 1 N–H and O–H groups in total. The van der Waals surface area contributed by atoms with Crippen molar-refractivity contribution < 1.29 is 4.74 Å². The second-order valence-corrected chi connectivity index (χ2v) is 5.35. The number of hydrogen-bond donors (Lipinski definition) is 1. The van der Waals surface area contributed by atoms with Crippen molar-refractivity contribution in [1.29, 1.82) is 0 Å². The van der Waals surface area contributed by atoms with Crippen LogP contribution in [-0.4, -0.2) is 24.7 Å². The summed E-state index contributed by atoms with van der Waals surface area (Å²) in [5.74, 6) is 0. The summed E-state index contributed by atoms with van der Waals surface area (Å²) >= 11 is 0. The molecule has 1 unspecified atom stereocenters. The molecule has 0 spiro atoms. The normalized spacial score (nSPS) is 12.7. The molecule has 0 aliphatic rings. The lowest BCUT2D eigenvalue weighted by Gasteiger charge is -2.20. The Morgan fingerprint density at radius 3 is 2.86 bits per heavy atom. The molecular formula is C18H26N2O. The van der Waals surface area contributed by atoms with E-state index in [9.17, 15) is 0 Å². The third-order valence-corrected chi connectivity index (χ3v) is 3.63. The van der Waals surface area contributed by atoms with Gasteiger partial charge in [0, 0.05) is 37.0 Å². The van der Waals surface area contributed by atoms with Crippen molar-refractivity contribution in [2.75, 3.05) is 19.8 Å². The lowest BCUT2D eigenvalue weighted by atomic mass is 9.98. The molecule has 0 fully saturated rings. The van der Waals surface area contributed by atoms with Gasteiger partial charge in [-0.1, -0.05) is 32.0 Å². The smallest absolute Gasteiger partial charge is 0.0484 e. The minimum Gasteiger partial charge on any atom is -0.381 e. The number of ether oxygens (including phenoxy) is 1. The van der Waals surface area contributed by atoms with Crippen molar-refractivity contribution in [2.24, 2.45) is 0 Å². The van der Waals surface area contributed by atoms with Crippen LogP contribution in [0.3, 0.4) is 0 Å². The lowest BCUT2D eigenvalue weighted by Crippen LogP contribution is -2.23. The Bertz CT molecular complexity index is 536. The molecule has 3 heteroatoms. The SMILES string of the molecule is CCCNC(CCOCCC)c1cccc2cnccc12. The monoisotopic (exact) mass is 286 g/mol. The van der Waals surface area contributed by atoms with Crippen molar-refractivity contribution in [2.45, 2.75) is 39.2 Å². The Morgan fingerprint density at radius 1 is 1.14 bits per heavy atom. The van der Waals surface area contributed by atoms with Gasteiger partial charge in [-0.2, -0.15) is 0 Å². The van der Waals surface area contributed by atoms with Crippen LogP contribution >= 0.6 is 0 Å². The lowest BCUT2D eigenvalue weighted by molar-refractivity contribution is 0.124. The van der Waals surface area contributed by atoms with E-state index in [1.165, 1.54) is 16.3 Å². The molecule has 3 nitrogen and oxygen atoms in total. The summed E-state index contributed by atoms with van der Waals surface area (Å²) in [7, 11) is 0. The highest BCUT2D eigenvalue weighted by Gasteiger charge is 2.13. The average molecular weight is 286 g/mol. The van der Waals surface area contributed by atoms with Gasteiger partial charge in [0.1, 0.15) is 0 Å². The number of fused-ring (bicyclic) bond motifs is 1. The Kier molecular flexibility index (Phi) is 6.64. The first-order chi connectivity index (χ1) is 10.4. The van der Waals surface area contributed by atoms with E-state index in [1.807, 2.05) is 12.4 Å². The Labute approximate surface area is 127 Å². The molecule has 0 saturated carbocycles. The van der Waals surface area contributed by atoms with E-state index in [0.717, 1.165) is 39.0 Å². The van der Waals surface area contributed by atoms with Gasteiger partial charge in [-0.15, -0.1) is 0 Å². The van der Waals surface area contributed by atoms with Gasteiger partial charge in [-0.25, -0.2) is 0 Å². The number of rotatable bonds is 9. The van der Waals surface area contributed by atoms with Crippen LogP contribution in [0.15, 0.2) is 36.7 Å². The van der Waals surface area contributed by atoms with Gasteiger partial charge in [0.2, 0.25) is 0 Å². The van der Waals surface area contributed by atoms with Gasteiger partial charge in [0.05, 0.1) is 0 Å². The number of nitrogens with zero attached hydrogens (tertiary/aromatic N) is 1. The molecular weight excluding hydrogens is 260 g/mol. The van der Waals surface area contributed by atoms with Crippen molar-refractivity contribution in [3.63, 3.8) is 0 Å². The molecule has 0 saturated heterocycles. The molecule has 2 rings (SSSR count). The molecule has 21 heavy (non-hydrogen) atoms. The molecule has 2 aromatic rings. The third kappa shape index (κ3) is 4.51. The van der Waals surface area contributed by atoms with Gasteiger partial charge in [0.25, 0.3) is 0 Å². The Balaban J connectivity index is 2.17. The summed E-state index contributed by atoms with van der Waals surface area (Å²) in [5.41, 5.74) is 1.35. The quantitative estimate of drug-likeness (QED) is 0.705. The minimum absolute atomic E-state index is 0.341. The van der Waals surface area contributed by atoms with Crippen LogP contribution in [-0.2, 0) is 4.74 Å². The van der Waals surface area contributed by atoms with Crippen LogP contribution in [0.2, 0.25) is 0 Å². The van der Waals surface area contributed by atoms with E-state index in [0.29, 0.717) is 6.04 Å². The van der Waals surface area contributed by atoms with Gasteiger partial charge < -0.3 is 10.1 Å². The number of hydrogen-bond acceptors (Lipinski definition) is 3. The van der Waals surface area contributed by atoms with Crippen LogP contribution in [0.4, 0.5) is 0 Å². The van der Waals surface area contributed by atoms with Crippen LogP contribution in [0.5, 0.6) is 0 Å². The van der Waals surface area contributed by atoms with E-state index >= 15 is 0 Å². The predicted octanol–water partition coefficient (Wildman–Crippen LogP) is 4.09. The number of aromatic nitrogens is 1. The minimum atomic E-state index is 0.341. The van der Waals surface area contributed by atoms with Gasteiger partial charge in [-0.05, 0) is 42.8 Å². The van der Waals surface area contributed by atoms with Crippen molar-refractivity contribution >= 4 is 10.8 Å². The summed E-state index contributed by atoms with van der Waals surface area (Å²) < 4.78 is 5.67. The molecule has 1 aromatic heterocycles. The zero-order valence-electron chi connectivity index (χ0n) is 13.1. The molecule has 0 aliphatic carbocycles. The van der Waals surface area contributed by atoms with E-state index in [1.54, 1.807) is 0 Å². The van der Waals surface area contributed by atoms with Crippen LogP contribution < -0.4 is 5.32 Å². The van der Waals surface area contributed by atoms with E-state index < -0.39 is 0 Å². The largest absolute Gasteiger partial charge is 0.381 e. The highest BCUT2D eigenvalue weighted by molar-refractivity contribution is 5.85. The first-order valence-corrected chi connectivity index (χ1v) is 8.00. The maximum atomic E-state index is 5.67. The molecule has 0 radical (unpaired) electrons. The zero-order valence-corrected chi connectivity index (χ0v) is 13.1. The fourth-order valence-electron chi connectivity index (χ4n) is 2.59. The van der Waals surface area contributed by atoms with E-state index in [-0.39, 0.29) is 0 Å². The molecule has 1 aromatic carbocycles. The molecule has 114 valence electrons. The predicted molar refractivity (Wildman–Crippen MR) is 88.5 cm³/mol. The fraction of sp³-hybridized carbons (Fsp3) is 0.500. The molecule has 0 bridgehead atoms. The molecule has 0 aliphatic heterocycles. The standard InChI is InChI=1S/C18H26N2O/c1-3-10-20-18(9-13-21-12-4-2)17-7-5-6-15-14-19-11-8-16(15)17/h5-8,11,14,18,20H,3-4,9-10,12-13H2,1-2H3. The fourth-order valence-corrected chi connectivity index (χ4v) is 2.59. The average Bonchev–Trinajstić information content (AvgIpc) is 2.54. The first-order valence-electron chi connectivity index (χ1n) is 8.00. The number of pyridine rings is 1.